The van der Waals surface area contributed by atoms with Gasteiger partial charge in [0.1, 0.15) is 0 Å². The van der Waals surface area contributed by atoms with E-state index in [1.807, 2.05) is 0 Å². The first-order chi connectivity index (χ1) is 9.61. The van der Waals surface area contributed by atoms with Crippen LogP contribution in [0, 0.1) is 24.5 Å². The van der Waals surface area contributed by atoms with Gasteiger partial charge in [0.25, 0.3) is 11.8 Å². The summed E-state index contributed by atoms with van der Waals surface area (Å²) in [4.78, 5) is 2.88. The van der Waals surface area contributed by atoms with Gasteiger partial charge in [-0.2, -0.15) is 27.6 Å². The fraction of sp³-hybridized carbons (Fsp3) is 0.273. The number of pyridine rings is 1. The number of alkyl halides is 3. The first kappa shape index (κ1) is 15.1. The quantitative estimate of drug-likeness (QED) is 0.631. The van der Waals surface area contributed by atoms with E-state index in [9.17, 15) is 26.3 Å². The van der Waals surface area contributed by atoms with Crippen LogP contribution in [-0.4, -0.2) is 14.8 Å². The van der Waals surface area contributed by atoms with Gasteiger partial charge in [-0.25, -0.2) is 13.5 Å². The Kier molecular flexibility index (Phi) is 3.56. The normalized spacial score (nSPS) is 11.8. The molecule has 0 aliphatic rings. The number of aromatic nitrogens is 3. The number of nitrogens with zero attached hydrogens (tertiary/aromatic N) is 3. The van der Waals surface area contributed by atoms with Gasteiger partial charge in [0.15, 0.2) is 17.3 Å². The molecule has 0 saturated carbocycles. The van der Waals surface area contributed by atoms with Crippen molar-refractivity contribution in [3.8, 4) is 11.8 Å². The molecule has 0 radical (unpaired) electrons. The van der Waals surface area contributed by atoms with E-state index >= 15 is 0 Å². The third kappa shape index (κ3) is 2.78. The second kappa shape index (κ2) is 4.93. The minimum absolute atomic E-state index is 0.484. The molecule has 0 aliphatic carbocycles. The molecule has 114 valence electrons. The molecule has 0 aliphatic heterocycles. The number of ether oxygens (including phenoxy) is 1. The molecule has 10 heteroatoms. The van der Waals surface area contributed by atoms with Gasteiger partial charge in [-0.3, -0.25) is 0 Å². The average molecular weight is 311 g/mol. The van der Waals surface area contributed by atoms with Crippen molar-refractivity contribution in [3.05, 3.63) is 34.9 Å². The number of rotatable bonds is 2. The Bertz CT molecular complexity index is 694. The Hall–Kier alpha value is -2.26. The maximum Gasteiger partial charge on any atom is 0.435 e. The van der Waals surface area contributed by atoms with Gasteiger partial charge >= 0.3 is 6.18 Å². The Morgan fingerprint density at radius 1 is 1.14 bits per heavy atom. The first-order valence-electron chi connectivity index (χ1n) is 5.41. The number of aryl methyl sites for hydroxylation is 1. The van der Waals surface area contributed by atoms with Crippen LogP contribution in [0.2, 0.25) is 0 Å². The van der Waals surface area contributed by atoms with Crippen molar-refractivity contribution in [2.24, 2.45) is 7.05 Å². The molecule has 0 unspecified atom stereocenters. The molecule has 2 heterocycles. The molecular weight excluding hydrogens is 304 g/mol. The third-order valence-corrected chi connectivity index (χ3v) is 2.56. The van der Waals surface area contributed by atoms with E-state index in [1.54, 1.807) is 0 Å². The fourth-order valence-electron chi connectivity index (χ4n) is 1.45. The molecule has 4 nitrogen and oxygen atoms in total. The molecule has 2 aromatic rings. The van der Waals surface area contributed by atoms with Crippen molar-refractivity contribution in [3.63, 3.8) is 0 Å². The van der Waals surface area contributed by atoms with Gasteiger partial charge in [0, 0.05) is 18.7 Å². The number of hydrogen-bond donors (Lipinski definition) is 0. The summed E-state index contributed by atoms with van der Waals surface area (Å²) in [5, 5.41) is 3.12. The summed E-state index contributed by atoms with van der Waals surface area (Å²) in [7, 11) is 1.11. The second-order valence-corrected chi connectivity index (χ2v) is 4.05. The maximum absolute atomic E-state index is 13.7. The van der Waals surface area contributed by atoms with Gasteiger partial charge in [0.05, 0.1) is 0 Å². The molecule has 0 spiro atoms. The molecule has 0 amide bonds. The van der Waals surface area contributed by atoms with Crippen LogP contribution < -0.4 is 4.74 Å². The van der Waals surface area contributed by atoms with E-state index in [-0.39, 0.29) is 0 Å². The highest BCUT2D eigenvalue weighted by atomic mass is 19.4. The van der Waals surface area contributed by atoms with E-state index < -0.39 is 46.8 Å². The molecule has 2 rings (SSSR count). The average Bonchev–Trinajstić information content (AvgIpc) is 2.75. The van der Waals surface area contributed by atoms with Crippen molar-refractivity contribution in [2.45, 2.75) is 13.1 Å². The molecule has 0 saturated heterocycles. The van der Waals surface area contributed by atoms with Crippen molar-refractivity contribution < 1.29 is 31.1 Å². The summed E-state index contributed by atoms with van der Waals surface area (Å²) < 4.78 is 82.5. The predicted octanol–water partition coefficient (Wildman–Crippen LogP) is 3.35. The van der Waals surface area contributed by atoms with Crippen molar-refractivity contribution in [2.75, 3.05) is 0 Å². The lowest BCUT2D eigenvalue weighted by atomic mass is 10.2. The molecule has 2 aromatic heterocycles. The first-order valence-corrected chi connectivity index (χ1v) is 5.41. The van der Waals surface area contributed by atoms with Crippen molar-refractivity contribution in [1.82, 2.24) is 14.8 Å². The standard InChI is InChI=1S/C11H7F6N3O/c1-4-7(12)9(14)18-10(8(4)13)21-6-3-5(11(15,16)17)19-20(6)2/h3H,1-2H3. The second-order valence-electron chi connectivity index (χ2n) is 4.05. The predicted molar refractivity (Wildman–Crippen MR) is 57.1 cm³/mol. The molecular formula is C11H7F6N3O. The highest BCUT2D eigenvalue weighted by Gasteiger charge is 2.35. The lowest BCUT2D eigenvalue weighted by Crippen LogP contribution is -2.06. The zero-order valence-electron chi connectivity index (χ0n) is 10.6. The Morgan fingerprint density at radius 3 is 2.29 bits per heavy atom. The van der Waals surface area contributed by atoms with E-state index in [0.29, 0.717) is 10.7 Å². The van der Waals surface area contributed by atoms with E-state index in [1.165, 1.54) is 0 Å². The molecule has 0 N–H and O–H groups in total. The van der Waals surface area contributed by atoms with Gasteiger partial charge in [-0.05, 0) is 6.92 Å². The minimum atomic E-state index is -4.73. The van der Waals surface area contributed by atoms with E-state index in [0.717, 1.165) is 14.0 Å². The molecule has 0 bridgehead atoms. The number of hydrogen-bond acceptors (Lipinski definition) is 3. The molecule has 21 heavy (non-hydrogen) atoms. The summed E-state index contributed by atoms with van der Waals surface area (Å²) >= 11 is 0. The number of halogens is 6. The Morgan fingerprint density at radius 2 is 1.76 bits per heavy atom. The SMILES string of the molecule is Cc1c(F)c(F)nc(Oc2cc(C(F)(F)F)nn2C)c1F. The fourth-order valence-corrected chi connectivity index (χ4v) is 1.45. The van der Waals surface area contributed by atoms with Gasteiger partial charge in [-0.1, -0.05) is 0 Å². The maximum atomic E-state index is 13.7. The largest absolute Gasteiger partial charge is 0.435 e. The van der Waals surface area contributed by atoms with Gasteiger partial charge in [-0.15, -0.1) is 0 Å². The van der Waals surface area contributed by atoms with Crippen molar-refractivity contribution >= 4 is 0 Å². The van der Waals surface area contributed by atoms with Crippen molar-refractivity contribution in [1.29, 1.82) is 0 Å². The van der Waals surface area contributed by atoms with Crippen LogP contribution in [0.4, 0.5) is 26.3 Å². The van der Waals surface area contributed by atoms with E-state index in [4.69, 9.17) is 4.74 Å². The molecule has 0 fully saturated rings. The lowest BCUT2D eigenvalue weighted by Gasteiger charge is -2.07. The Labute approximate surface area is 114 Å². The Balaban J connectivity index is 2.42. The summed E-state index contributed by atoms with van der Waals surface area (Å²) in [5.41, 5.74) is -1.98. The van der Waals surface area contributed by atoms with Crippen LogP contribution in [0.25, 0.3) is 0 Å². The van der Waals surface area contributed by atoms with Gasteiger partial charge in [0.2, 0.25) is 5.88 Å². The monoisotopic (exact) mass is 311 g/mol. The zero-order chi connectivity index (χ0) is 15.9. The summed E-state index contributed by atoms with van der Waals surface area (Å²) in [6.07, 6.45) is -4.73. The lowest BCUT2D eigenvalue weighted by molar-refractivity contribution is -0.141. The smallest absolute Gasteiger partial charge is 0.418 e. The van der Waals surface area contributed by atoms with Crippen LogP contribution in [0.5, 0.6) is 11.8 Å². The zero-order valence-corrected chi connectivity index (χ0v) is 10.6. The third-order valence-electron chi connectivity index (χ3n) is 2.56. The summed E-state index contributed by atoms with van der Waals surface area (Å²) in [6.45, 7) is 0.937. The van der Waals surface area contributed by atoms with Crippen LogP contribution in [0.1, 0.15) is 11.3 Å². The highest BCUT2D eigenvalue weighted by Crippen LogP contribution is 2.32. The van der Waals surface area contributed by atoms with Gasteiger partial charge < -0.3 is 4.74 Å². The van der Waals surface area contributed by atoms with Crippen LogP contribution in [0.3, 0.4) is 0 Å². The molecule has 0 aromatic carbocycles. The van der Waals surface area contributed by atoms with E-state index in [2.05, 4.69) is 10.1 Å². The summed E-state index contributed by atoms with van der Waals surface area (Å²) in [6, 6.07) is 0.484. The minimum Gasteiger partial charge on any atom is -0.418 e. The van der Waals surface area contributed by atoms with Crippen LogP contribution >= 0.6 is 0 Å². The van der Waals surface area contributed by atoms with Crippen LogP contribution in [-0.2, 0) is 13.2 Å². The van der Waals surface area contributed by atoms with Crippen LogP contribution in [0.15, 0.2) is 6.07 Å². The summed E-state index contributed by atoms with van der Waals surface area (Å²) in [5.74, 6) is -5.95. The topological polar surface area (TPSA) is 39.9 Å². The molecule has 0 atom stereocenters. The highest BCUT2D eigenvalue weighted by molar-refractivity contribution is 5.29.